The fourth-order valence-electron chi connectivity index (χ4n) is 2.49. The number of hydrogen-bond donors (Lipinski definition) is 0. The molecule has 0 amide bonds. The zero-order valence-corrected chi connectivity index (χ0v) is 13.8. The van der Waals surface area contributed by atoms with Crippen LogP contribution in [0.25, 0.3) is 17.2 Å². The molecule has 0 radical (unpaired) electrons. The van der Waals surface area contributed by atoms with Crippen molar-refractivity contribution in [2.45, 2.75) is 6.61 Å². The Labute approximate surface area is 150 Å². The van der Waals surface area contributed by atoms with Gasteiger partial charge in [-0.05, 0) is 34.9 Å². The Morgan fingerprint density at radius 3 is 2.04 bits per heavy atom. The van der Waals surface area contributed by atoms with Crippen LogP contribution in [0.4, 0.5) is 8.78 Å². The van der Waals surface area contributed by atoms with Crippen molar-refractivity contribution in [3.63, 3.8) is 0 Å². The molecule has 0 aromatic heterocycles. The van der Waals surface area contributed by atoms with Gasteiger partial charge in [0.1, 0.15) is 5.75 Å². The van der Waals surface area contributed by atoms with E-state index in [1.807, 2.05) is 42.5 Å². The van der Waals surface area contributed by atoms with Crippen LogP contribution in [-0.2, 0) is 0 Å². The van der Waals surface area contributed by atoms with Crippen LogP contribution in [0, 0.1) is 0 Å². The fraction of sp³-hybridized carbons (Fsp3) is 0.0455. The monoisotopic (exact) mass is 350 g/mol. The summed E-state index contributed by atoms with van der Waals surface area (Å²) in [6, 6.07) is 23.4. The van der Waals surface area contributed by atoms with Gasteiger partial charge in [-0.25, -0.2) is 0 Å². The van der Waals surface area contributed by atoms with Crippen LogP contribution in [0.1, 0.15) is 15.9 Å². The molecule has 2 nitrogen and oxygen atoms in total. The third kappa shape index (κ3) is 4.63. The lowest BCUT2D eigenvalue weighted by Gasteiger charge is -2.04. The molecule has 0 N–H and O–H groups in total. The van der Waals surface area contributed by atoms with Crippen molar-refractivity contribution >= 4 is 11.9 Å². The van der Waals surface area contributed by atoms with E-state index in [4.69, 9.17) is 0 Å². The highest BCUT2D eigenvalue weighted by Crippen LogP contribution is 2.20. The summed E-state index contributed by atoms with van der Waals surface area (Å²) in [6.07, 6.45) is 3.10. The van der Waals surface area contributed by atoms with Gasteiger partial charge in [0.15, 0.2) is 5.78 Å². The molecule has 0 aliphatic heterocycles. The van der Waals surface area contributed by atoms with Gasteiger partial charge in [0.2, 0.25) is 0 Å². The number of allylic oxidation sites excluding steroid dienone is 1. The molecule has 0 unspecified atom stereocenters. The van der Waals surface area contributed by atoms with E-state index >= 15 is 0 Å². The van der Waals surface area contributed by atoms with E-state index < -0.39 is 6.61 Å². The van der Waals surface area contributed by atoms with Crippen molar-refractivity contribution in [2.75, 3.05) is 0 Å². The molecule has 0 bridgehead atoms. The molecule has 3 aromatic rings. The smallest absolute Gasteiger partial charge is 0.387 e. The summed E-state index contributed by atoms with van der Waals surface area (Å²) < 4.78 is 28.5. The number of benzene rings is 3. The second kappa shape index (κ2) is 8.21. The zero-order chi connectivity index (χ0) is 18.4. The fourth-order valence-corrected chi connectivity index (χ4v) is 2.49. The van der Waals surface area contributed by atoms with E-state index in [-0.39, 0.29) is 11.5 Å². The quantitative estimate of drug-likeness (QED) is 0.412. The molecule has 130 valence electrons. The van der Waals surface area contributed by atoms with E-state index in [9.17, 15) is 13.6 Å². The van der Waals surface area contributed by atoms with Gasteiger partial charge < -0.3 is 4.74 Å². The summed E-state index contributed by atoms with van der Waals surface area (Å²) in [5.41, 5.74) is 3.44. The minimum Gasteiger partial charge on any atom is -0.435 e. The third-order valence-corrected chi connectivity index (χ3v) is 3.81. The van der Waals surface area contributed by atoms with E-state index in [1.165, 1.54) is 18.2 Å². The first-order valence-corrected chi connectivity index (χ1v) is 8.04. The highest BCUT2D eigenvalue weighted by Gasteiger charge is 2.04. The van der Waals surface area contributed by atoms with Gasteiger partial charge in [-0.3, -0.25) is 4.79 Å². The number of ketones is 1. The van der Waals surface area contributed by atoms with Crippen molar-refractivity contribution in [1.29, 1.82) is 0 Å². The number of ether oxygens (including phenoxy) is 1. The van der Waals surface area contributed by atoms with Gasteiger partial charge in [-0.15, -0.1) is 0 Å². The van der Waals surface area contributed by atoms with Crippen LogP contribution >= 0.6 is 0 Å². The Morgan fingerprint density at radius 1 is 0.808 bits per heavy atom. The minimum absolute atomic E-state index is 0.0833. The summed E-state index contributed by atoms with van der Waals surface area (Å²) in [5.74, 6) is -0.0440. The Morgan fingerprint density at radius 2 is 1.42 bits per heavy atom. The summed E-state index contributed by atoms with van der Waals surface area (Å²) >= 11 is 0. The number of rotatable bonds is 6. The molecule has 0 aliphatic carbocycles. The van der Waals surface area contributed by atoms with Crippen LogP contribution in [0.15, 0.2) is 84.9 Å². The summed E-state index contributed by atoms with van der Waals surface area (Å²) in [7, 11) is 0. The lowest BCUT2D eigenvalue weighted by atomic mass is 10.0. The molecule has 0 spiro atoms. The molecule has 0 heterocycles. The average Bonchev–Trinajstić information content (AvgIpc) is 2.67. The van der Waals surface area contributed by atoms with Crippen LogP contribution < -0.4 is 4.74 Å². The average molecular weight is 350 g/mol. The van der Waals surface area contributed by atoms with Crippen molar-refractivity contribution in [3.8, 4) is 16.9 Å². The number of alkyl halides is 2. The minimum atomic E-state index is -2.85. The van der Waals surface area contributed by atoms with Gasteiger partial charge in [-0.1, -0.05) is 72.8 Å². The summed E-state index contributed by atoms with van der Waals surface area (Å²) in [5, 5.41) is 0. The molecular formula is C22H16F2O2. The molecule has 3 rings (SSSR count). The number of halogens is 2. The second-order valence-electron chi connectivity index (χ2n) is 5.59. The molecule has 0 atom stereocenters. The van der Waals surface area contributed by atoms with Gasteiger partial charge in [0.25, 0.3) is 0 Å². The Bertz CT molecular complexity index is 884. The Hall–Kier alpha value is -3.27. The van der Waals surface area contributed by atoms with Crippen LogP contribution in [0.3, 0.4) is 0 Å². The lowest BCUT2D eigenvalue weighted by Crippen LogP contribution is -2.01. The van der Waals surface area contributed by atoms with Crippen molar-refractivity contribution < 1.29 is 18.3 Å². The molecule has 0 saturated heterocycles. The standard InChI is InChI=1S/C22H16F2O2/c23-22(24)26-20-13-6-16(7-14-20)8-15-21(25)19-11-9-18(10-12-19)17-4-2-1-3-5-17/h1-15,22H/b15-8+. The lowest BCUT2D eigenvalue weighted by molar-refractivity contribution is -0.0498. The normalized spacial score (nSPS) is 11.0. The zero-order valence-electron chi connectivity index (χ0n) is 13.8. The predicted molar refractivity (Wildman–Crippen MR) is 98.3 cm³/mol. The first-order chi connectivity index (χ1) is 12.6. The maximum atomic E-state index is 12.3. The van der Waals surface area contributed by atoms with Crippen LogP contribution in [-0.4, -0.2) is 12.4 Å². The molecule has 0 fully saturated rings. The molecule has 0 aliphatic rings. The number of carbonyl (C=O) groups is 1. The first-order valence-electron chi connectivity index (χ1n) is 8.04. The van der Waals surface area contributed by atoms with Crippen molar-refractivity contribution in [2.24, 2.45) is 0 Å². The Balaban J connectivity index is 1.67. The van der Waals surface area contributed by atoms with Crippen molar-refractivity contribution in [1.82, 2.24) is 0 Å². The van der Waals surface area contributed by atoms with E-state index in [0.29, 0.717) is 5.56 Å². The molecule has 26 heavy (non-hydrogen) atoms. The second-order valence-corrected chi connectivity index (χ2v) is 5.59. The molecular weight excluding hydrogens is 334 g/mol. The van der Waals surface area contributed by atoms with E-state index in [1.54, 1.807) is 30.3 Å². The van der Waals surface area contributed by atoms with E-state index in [0.717, 1.165) is 16.7 Å². The van der Waals surface area contributed by atoms with Gasteiger partial charge in [0.05, 0.1) is 0 Å². The van der Waals surface area contributed by atoms with Gasteiger partial charge in [0, 0.05) is 5.56 Å². The molecule has 4 heteroatoms. The Kier molecular flexibility index (Phi) is 5.54. The summed E-state index contributed by atoms with van der Waals surface area (Å²) in [4.78, 5) is 12.3. The molecule has 0 saturated carbocycles. The highest BCUT2D eigenvalue weighted by molar-refractivity contribution is 6.07. The number of carbonyl (C=O) groups excluding carboxylic acids is 1. The largest absolute Gasteiger partial charge is 0.435 e. The molecule has 3 aromatic carbocycles. The topological polar surface area (TPSA) is 26.3 Å². The van der Waals surface area contributed by atoms with Gasteiger partial charge in [-0.2, -0.15) is 8.78 Å². The van der Waals surface area contributed by atoms with Crippen LogP contribution in [0.5, 0.6) is 5.75 Å². The van der Waals surface area contributed by atoms with Crippen molar-refractivity contribution in [3.05, 3.63) is 96.1 Å². The first kappa shape index (κ1) is 17.5. The third-order valence-electron chi connectivity index (χ3n) is 3.81. The van der Waals surface area contributed by atoms with Gasteiger partial charge >= 0.3 is 6.61 Å². The highest BCUT2D eigenvalue weighted by atomic mass is 19.3. The summed E-state index contributed by atoms with van der Waals surface area (Å²) in [6.45, 7) is -2.85. The van der Waals surface area contributed by atoms with Crippen LogP contribution in [0.2, 0.25) is 0 Å². The predicted octanol–water partition coefficient (Wildman–Crippen LogP) is 5.85. The SMILES string of the molecule is O=C(/C=C/c1ccc(OC(F)F)cc1)c1ccc(-c2ccccc2)cc1. The number of hydrogen-bond acceptors (Lipinski definition) is 2. The maximum absolute atomic E-state index is 12.3. The maximum Gasteiger partial charge on any atom is 0.387 e. The van der Waals surface area contributed by atoms with E-state index in [2.05, 4.69) is 4.74 Å².